The third-order valence-electron chi connectivity index (χ3n) is 2.65. The van der Waals surface area contributed by atoms with Gasteiger partial charge in [-0.1, -0.05) is 42.5 Å². The Morgan fingerprint density at radius 3 is 2.29 bits per heavy atom. The maximum absolute atomic E-state index is 11.1. The van der Waals surface area contributed by atoms with Gasteiger partial charge in [-0.2, -0.15) is 0 Å². The number of rotatable bonds is 3. The SMILES string of the molecule is O=C(O)c1cccc(-c2ccccc2)c1CO. The summed E-state index contributed by atoms with van der Waals surface area (Å²) in [6.07, 6.45) is 0. The minimum Gasteiger partial charge on any atom is -0.478 e. The fraction of sp³-hybridized carbons (Fsp3) is 0.0714. The smallest absolute Gasteiger partial charge is 0.336 e. The van der Waals surface area contributed by atoms with E-state index in [2.05, 4.69) is 0 Å². The second kappa shape index (κ2) is 4.80. The summed E-state index contributed by atoms with van der Waals surface area (Å²) in [5, 5.41) is 18.4. The van der Waals surface area contributed by atoms with Crippen molar-refractivity contribution in [3.05, 3.63) is 59.7 Å². The normalized spacial score (nSPS) is 10.2. The van der Waals surface area contributed by atoms with Gasteiger partial charge in [-0.05, 0) is 22.8 Å². The number of aromatic carboxylic acids is 1. The molecule has 3 nitrogen and oxygen atoms in total. The molecule has 2 aromatic rings. The highest BCUT2D eigenvalue weighted by atomic mass is 16.4. The number of benzene rings is 2. The van der Waals surface area contributed by atoms with E-state index >= 15 is 0 Å². The molecule has 0 amide bonds. The van der Waals surface area contributed by atoms with E-state index in [-0.39, 0.29) is 12.2 Å². The minimum atomic E-state index is -1.02. The first-order valence-corrected chi connectivity index (χ1v) is 5.25. The predicted molar refractivity (Wildman–Crippen MR) is 64.8 cm³/mol. The summed E-state index contributed by atoms with van der Waals surface area (Å²) >= 11 is 0. The van der Waals surface area contributed by atoms with Gasteiger partial charge >= 0.3 is 5.97 Å². The maximum Gasteiger partial charge on any atom is 0.336 e. The molecule has 0 fully saturated rings. The summed E-state index contributed by atoms with van der Waals surface area (Å²) in [4.78, 5) is 11.1. The van der Waals surface area contributed by atoms with Crippen molar-refractivity contribution >= 4 is 5.97 Å². The second-order valence-corrected chi connectivity index (χ2v) is 3.66. The molecule has 0 aliphatic rings. The topological polar surface area (TPSA) is 57.5 Å². The van der Waals surface area contributed by atoms with E-state index < -0.39 is 5.97 Å². The summed E-state index contributed by atoms with van der Waals surface area (Å²) in [6.45, 7) is -0.285. The third-order valence-corrected chi connectivity index (χ3v) is 2.65. The highest BCUT2D eigenvalue weighted by Gasteiger charge is 2.13. The molecule has 3 heteroatoms. The number of carboxylic acid groups (broad SMARTS) is 1. The molecular weight excluding hydrogens is 216 g/mol. The van der Waals surface area contributed by atoms with Crippen LogP contribution in [0.2, 0.25) is 0 Å². The molecular formula is C14H12O3. The number of aliphatic hydroxyl groups is 1. The van der Waals surface area contributed by atoms with Gasteiger partial charge in [-0.3, -0.25) is 0 Å². The van der Waals surface area contributed by atoms with Crippen LogP contribution in [0.1, 0.15) is 15.9 Å². The van der Waals surface area contributed by atoms with Crippen LogP contribution in [-0.4, -0.2) is 16.2 Å². The van der Waals surface area contributed by atoms with Gasteiger partial charge in [-0.25, -0.2) is 4.79 Å². The Kier molecular flexibility index (Phi) is 3.21. The molecule has 0 aliphatic carbocycles. The van der Waals surface area contributed by atoms with E-state index in [1.165, 1.54) is 6.07 Å². The monoisotopic (exact) mass is 228 g/mol. The van der Waals surface area contributed by atoms with Crippen LogP contribution in [0, 0.1) is 0 Å². The van der Waals surface area contributed by atoms with Crippen molar-refractivity contribution < 1.29 is 15.0 Å². The van der Waals surface area contributed by atoms with E-state index in [1.54, 1.807) is 6.07 Å². The first-order valence-electron chi connectivity index (χ1n) is 5.25. The molecule has 17 heavy (non-hydrogen) atoms. The average molecular weight is 228 g/mol. The first-order chi connectivity index (χ1) is 8.24. The van der Waals surface area contributed by atoms with Gasteiger partial charge in [0.2, 0.25) is 0 Å². The molecule has 2 rings (SSSR count). The molecule has 0 bridgehead atoms. The van der Waals surface area contributed by atoms with Crippen molar-refractivity contribution in [3.63, 3.8) is 0 Å². The van der Waals surface area contributed by atoms with E-state index in [4.69, 9.17) is 5.11 Å². The van der Waals surface area contributed by atoms with Gasteiger partial charge in [0.05, 0.1) is 12.2 Å². The van der Waals surface area contributed by atoms with Crippen LogP contribution in [0.5, 0.6) is 0 Å². The molecule has 0 heterocycles. The van der Waals surface area contributed by atoms with Gasteiger partial charge in [0.1, 0.15) is 0 Å². The molecule has 0 saturated carbocycles. The lowest BCUT2D eigenvalue weighted by molar-refractivity contribution is 0.0693. The van der Waals surface area contributed by atoms with Crippen LogP contribution >= 0.6 is 0 Å². The summed E-state index contributed by atoms with van der Waals surface area (Å²) in [5.41, 5.74) is 2.26. The fourth-order valence-corrected chi connectivity index (χ4v) is 1.85. The summed E-state index contributed by atoms with van der Waals surface area (Å²) in [7, 11) is 0. The number of hydrogen-bond donors (Lipinski definition) is 2. The van der Waals surface area contributed by atoms with Crippen LogP contribution in [0.15, 0.2) is 48.5 Å². The third kappa shape index (κ3) is 2.19. The summed E-state index contributed by atoms with van der Waals surface area (Å²) in [6, 6.07) is 14.4. The number of hydrogen-bond acceptors (Lipinski definition) is 2. The molecule has 2 N–H and O–H groups in total. The predicted octanol–water partition coefficient (Wildman–Crippen LogP) is 2.54. The van der Waals surface area contributed by atoms with Crippen LogP contribution in [0.25, 0.3) is 11.1 Å². The highest BCUT2D eigenvalue weighted by Crippen LogP contribution is 2.26. The van der Waals surface area contributed by atoms with Crippen LogP contribution in [0.4, 0.5) is 0 Å². The Balaban J connectivity index is 2.63. The molecule has 0 unspecified atom stereocenters. The number of carbonyl (C=O) groups is 1. The lowest BCUT2D eigenvalue weighted by Crippen LogP contribution is -2.04. The molecule has 0 spiro atoms. The van der Waals surface area contributed by atoms with Crippen molar-refractivity contribution in [2.24, 2.45) is 0 Å². The number of carboxylic acids is 1. The zero-order valence-electron chi connectivity index (χ0n) is 9.13. The average Bonchev–Trinajstić information content (AvgIpc) is 2.38. The maximum atomic E-state index is 11.1. The lowest BCUT2D eigenvalue weighted by atomic mass is 9.96. The molecule has 0 aromatic heterocycles. The quantitative estimate of drug-likeness (QED) is 0.848. The Hall–Kier alpha value is -2.13. The van der Waals surface area contributed by atoms with E-state index in [1.807, 2.05) is 36.4 Å². The van der Waals surface area contributed by atoms with Crippen molar-refractivity contribution in [3.8, 4) is 11.1 Å². The van der Waals surface area contributed by atoms with Gasteiger partial charge < -0.3 is 10.2 Å². The number of aliphatic hydroxyl groups excluding tert-OH is 1. The zero-order chi connectivity index (χ0) is 12.3. The summed E-state index contributed by atoms with van der Waals surface area (Å²) in [5.74, 6) is -1.02. The first kappa shape index (κ1) is 11.4. The van der Waals surface area contributed by atoms with E-state index in [0.717, 1.165) is 11.1 Å². The molecule has 0 radical (unpaired) electrons. The zero-order valence-corrected chi connectivity index (χ0v) is 9.13. The van der Waals surface area contributed by atoms with Crippen molar-refractivity contribution in [2.75, 3.05) is 0 Å². The molecule has 2 aromatic carbocycles. The van der Waals surface area contributed by atoms with Crippen molar-refractivity contribution in [1.29, 1.82) is 0 Å². The summed E-state index contributed by atoms with van der Waals surface area (Å²) < 4.78 is 0. The Morgan fingerprint density at radius 1 is 1.00 bits per heavy atom. The van der Waals surface area contributed by atoms with Gasteiger partial charge in [0, 0.05) is 0 Å². The Labute approximate surface area is 99.0 Å². The van der Waals surface area contributed by atoms with Crippen molar-refractivity contribution in [1.82, 2.24) is 0 Å². The highest BCUT2D eigenvalue weighted by molar-refractivity contribution is 5.92. The van der Waals surface area contributed by atoms with Crippen molar-refractivity contribution in [2.45, 2.75) is 6.61 Å². The minimum absolute atomic E-state index is 0.147. The fourth-order valence-electron chi connectivity index (χ4n) is 1.85. The van der Waals surface area contributed by atoms with Crippen LogP contribution in [-0.2, 0) is 6.61 Å². The largest absolute Gasteiger partial charge is 0.478 e. The lowest BCUT2D eigenvalue weighted by Gasteiger charge is -2.10. The Morgan fingerprint density at radius 2 is 1.71 bits per heavy atom. The molecule has 0 atom stereocenters. The van der Waals surface area contributed by atoms with Crippen LogP contribution in [0.3, 0.4) is 0 Å². The second-order valence-electron chi connectivity index (χ2n) is 3.66. The van der Waals surface area contributed by atoms with Crippen LogP contribution < -0.4 is 0 Å². The van der Waals surface area contributed by atoms with E-state index in [0.29, 0.717) is 5.56 Å². The van der Waals surface area contributed by atoms with E-state index in [9.17, 15) is 9.90 Å². The van der Waals surface area contributed by atoms with Gasteiger partial charge in [0.15, 0.2) is 0 Å². The van der Waals surface area contributed by atoms with Gasteiger partial charge in [-0.15, -0.1) is 0 Å². The molecule has 0 saturated heterocycles. The molecule has 0 aliphatic heterocycles. The van der Waals surface area contributed by atoms with Gasteiger partial charge in [0.25, 0.3) is 0 Å². The molecule has 86 valence electrons. The standard InChI is InChI=1S/C14H12O3/c15-9-13-11(10-5-2-1-3-6-10)7-4-8-12(13)14(16)17/h1-8,15H,9H2,(H,16,17). The Bertz CT molecular complexity index is 532.